The molecule has 0 radical (unpaired) electrons. The molecular weight excluding hydrogens is 203 g/mol. The van der Waals surface area contributed by atoms with Gasteiger partial charge in [-0.15, -0.1) is 4.37 Å². The molecule has 0 saturated heterocycles. The second-order valence-electron chi connectivity index (χ2n) is 1.62. The van der Waals surface area contributed by atoms with E-state index in [4.69, 9.17) is 4.52 Å². The summed E-state index contributed by atoms with van der Waals surface area (Å²) in [7, 11) is -1.05. The van der Waals surface area contributed by atoms with Crippen molar-refractivity contribution >= 4 is 19.4 Å². The molecule has 0 saturated carbocycles. The summed E-state index contributed by atoms with van der Waals surface area (Å²) in [6, 6.07) is -0.00738. The number of phosphoric acid groups is 1. The summed E-state index contributed by atoms with van der Waals surface area (Å²) >= 11 is 1.08. The molecule has 0 amide bonds. The zero-order valence-electron chi connectivity index (χ0n) is 6.46. The van der Waals surface area contributed by atoms with Crippen LogP contribution in [0.1, 0.15) is 0 Å². The molecule has 68 valence electrons. The first-order valence-electron chi connectivity index (χ1n) is 2.87. The predicted molar refractivity (Wildman–Crippen MR) is 42.2 cm³/mol. The van der Waals surface area contributed by atoms with Crippen LogP contribution < -0.4 is 4.52 Å². The Hall–Kier alpha value is -0.490. The Balaban J connectivity index is 2.67. The van der Waals surface area contributed by atoms with Gasteiger partial charge in [0.15, 0.2) is 0 Å². The third kappa shape index (κ3) is 2.25. The minimum atomic E-state index is -3.49. The smallest absolute Gasteiger partial charge is 0.367 e. The van der Waals surface area contributed by atoms with Gasteiger partial charge in [0.05, 0.1) is 0 Å². The standard InChI is InChI=1S/C4H7N2O4PS/c1-8-11(7,9-2)10-4-5-3-12-6-4/h3H,1-2H3. The van der Waals surface area contributed by atoms with E-state index < -0.39 is 7.82 Å². The minimum absolute atomic E-state index is 0.00738. The van der Waals surface area contributed by atoms with Crippen LogP contribution >= 0.6 is 19.4 Å². The molecule has 1 heterocycles. The van der Waals surface area contributed by atoms with Crippen LogP contribution in [0.2, 0.25) is 0 Å². The molecule has 0 N–H and O–H groups in total. The number of aromatic nitrogens is 2. The van der Waals surface area contributed by atoms with Crippen molar-refractivity contribution in [3.05, 3.63) is 5.51 Å². The second-order valence-corrected chi connectivity index (χ2v) is 4.03. The number of rotatable bonds is 4. The molecule has 0 fully saturated rings. The van der Waals surface area contributed by atoms with Crippen molar-refractivity contribution in [3.8, 4) is 6.01 Å². The third-order valence-corrected chi connectivity index (χ3v) is 2.72. The molecule has 0 spiro atoms. The largest absolute Gasteiger partial charge is 0.531 e. The summed E-state index contributed by atoms with van der Waals surface area (Å²) in [6.45, 7) is 0. The van der Waals surface area contributed by atoms with Gasteiger partial charge in [0, 0.05) is 14.2 Å². The van der Waals surface area contributed by atoms with Gasteiger partial charge in [0.1, 0.15) is 5.51 Å². The van der Waals surface area contributed by atoms with E-state index >= 15 is 0 Å². The Kier molecular flexibility index (Phi) is 3.16. The van der Waals surface area contributed by atoms with Crippen LogP contribution in [0.15, 0.2) is 5.51 Å². The van der Waals surface area contributed by atoms with Crippen molar-refractivity contribution in [2.75, 3.05) is 14.2 Å². The SMILES string of the molecule is COP(=O)(OC)Oc1ncsn1. The lowest BCUT2D eigenvalue weighted by Crippen LogP contribution is -1.97. The third-order valence-electron chi connectivity index (χ3n) is 0.982. The van der Waals surface area contributed by atoms with E-state index in [2.05, 4.69) is 18.4 Å². The Morgan fingerprint density at radius 1 is 1.50 bits per heavy atom. The Morgan fingerprint density at radius 2 is 2.17 bits per heavy atom. The van der Waals surface area contributed by atoms with Crippen LogP contribution in [0.25, 0.3) is 0 Å². The number of nitrogens with zero attached hydrogens (tertiary/aromatic N) is 2. The highest BCUT2D eigenvalue weighted by atomic mass is 32.1. The molecule has 12 heavy (non-hydrogen) atoms. The highest BCUT2D eigenvalue weighted by Gasteiger charge is 2.26. The van der Waals surface area contributed by atoms with Crippen molar-refractivity contribution in [3.63, 3.8) is 0 Å². The molecule has 6 nitrogen and oxygen atoms in total. The van der Waals surface area contributed by atoms with Crippen LogP contribution in [-0.2, 0) is 13.6 Å². The minimum Gasteiger partial charge on any atom is -0.367 e. The number of hydrogen-bond donors (Lipinski definition) is 0. The lowest BCUT2D eigenvalue weighted by molar-refractivity contribution is 0.207. The van der Waals surface area contributed by atoms with Gasteiger partial charge in [0.2, 0.25) is 0 Å². The van der Waals surface area contributed by atoms with Crippen LogP contribution in [0.5, 0.6) is 6.01 Å². The van der Waals surface area contributed by atoms with Gasteiger partial charge in [0.25, 0.3) is 0 Å². The molecule has 1 rings (SSSR count). The van der Waals surface area contributed by atoms with E-state index in [0.29, 0.717) is 0 Å². The zero-order valence-corrected chi connectivity index (χ0v) is 8.17. The molecule has 0 atom stereocenters. The van der Waals surface area contributed by atoms with Crippen molar-refractivity contribution in [2.45, 2.75) is 0 Å². The maximum absolute atomic E-state index is 11.3. The molecular formula is C4H7N2O4PS. The van der Waals surface area contributed by atoms with Crippen LogP contribution in [0.4, 0.5) is 0 Å². The second kappa shape index (κ2) is 3.95. The molecule has 0 aliphatic carbocycles. The van der Waals surface area contributed by atoms with E-state index in [0.717, 1.165) is 11.5 Å². The van der Waals surface area contributed by atoms with Gasteiger partial charge in [-0.05, 0) is 11.5 Å². The Morgan fingerprint density at radius 3 is 2.58 bits per heavy atom. The van der Waals surface area contributed by atoms with Gasteiger partial charge in [-0.25, -0.2) is 4.57 Å². The van der Waals surface area contributed by atoms with Crippen LogP contribution in [-0.4, -0.2) is 23.6 Å². The fourth-order valence-electron chi connectivity index (χ4n) is 0.450. The zero-order chi connectivity index (χ0) is 9.03. The van der Waals surface area contributed by atoms with Crippen LogP contribution in [0, 0.1) is 0 Å². The molecule has 1 aromatic rings. The van der Waals surface area contributed by atoms with E-state index in [1.165, 1.54) is 19.7 Å². The summed E-state index contributed by atoms with van der Waals surface area (Å²) in [6.07, 6.45) is 0. The average molecular weight is 210 g/mol. The summed E-state index contributed by atoms with van der Waals surface area (Å²) in [4.78, 5) is 3.65. The lowest BCUT2D eigenvalue weighted by atomic mass is 11.2. The molecule has 0 aromatic carbocycles. The highest BCUT2D eigenvalue weighted by molar-refractivity contribution is 7.48. The fourth-order valence-corrected chi connectivity index (χ4v) is 1.45. The quantitative estimate of drug-likeness (QED) is 0.698. The Labute approximate surface area is 73.3 Å². The maximum Gasteiger partial charge on any atom is 0.531 e. The van der Waals surface area contributed by atoms with Crippen molar-refractivity contribution < 1.29 is 18.1 Å². The molecule has 8 heteroatoms. The molecule has 0 aliphatic heterocycles. The van der Waals surface area contributed by atoms with Crippen LogP contribution in [0.3, 0.4) is 0 Å². The van der Waals surface area contributed by atoms with E-state index in [9.17, 15) is 4.57 Å². The molecule has 0 bridgehead atoms. The van der Waals surface area contributed by atoms with E-state index in [1.54, 1.807) is 0 Å². The number of phosphoric ester groups is 1. The van der Waals surface area contributed by atoms with E-state index in [1.807, 2.05) is 0 Å². The van der Waals surface area contributed by atoms with Crippen molar-refractivity contribution in [2.24, 2.45) is 0 Å². The van der Waals surface area contributed by atoms with E-state index in [-0.39, 0.29) is 6.01 Å². The topological polar surface area (TPSA) is 70.5 Å². The van der Waals surface area contributed by atoms with Gasteiger partial charge in [-0.1, -0.05) is 0 Å². The molecule has 0 unspecified atom stereocenters. The molecule has 0 aliphatic rings. The summed E-state index contributed by atoms with van der Waals surface area (Å²) in [5.41, 5.74) is 1.45. The monoisotopic (exact) mass is 210 g/mol. The van der Waals surface area contributed by atoms with Gasteiger partial charge in [-0.2, -0.15) is 4.98 Å². The average Bonchev–Trinajstić information content (AvgIpc) is 2.57. The summed E-state index contributed by atoms with van der Waals surface area (Å²) in [5.74, 6) is 0. The predicted octanol–water partition coefficient (Wildman–Crippen LogP) is 1.32. The first-order valence-corrected chi connectivity index (χ1v) is 5.17. The first-order chi connectivity index (χ1) is 5.70. The van der Waals surface area contributed by atoms with Gasteiger partial charge in [-0.3, -0.25) is 9.05 Å². The maximum atomic E-state index is 11.3. The van der Waals surface area contributed by atoms with Gasteiger partial charge >= 0.3 is 13.8 Å². The normalized spacial score (nSPS) is 11.5. The van der Waals surface area contributed by atoms with Crippen molar-refractivity contribution in [1.29, 1.82) is 0 Å². The Bertz CT molecular complexity index is 269. The first kappa shape index (κ1) is 9.60. The van der Waals surface area contributed by atoms with Gasteiger partial charge < -0.3 is 4.52 Å². The summed E-state index contributed by atoms with van der Waals surface area (Å²) < 4.78 is 28.7. The summed E-state index contributed by atoms with van der Waals surface area (Å²) in [5, 5.41) is 0. The number of hydrogen-bond acceptors (Lipinski definition) is 7. The van der Waals surface area contributed by atoms with Crippen molar-refractivity contribution in [1.82, 2.24) is 9.36 Å². The highest BCUT2D eigenvalue weighted by Crippen LogP contribution is 2.46. The lowest BCUT2D eigenvalue weighted by Gasteiger charge is -2.10. The fraction of sp³-hybridized carbons (Fsp3) is 0.500. The molecule has 1 aromatic heterocycles.